The van der Waals surface area contributed by atoms with Gasteiger partial charge in [-0.3, -0.25) is 9.48 Å². The Kier molecular flexibility index (Phi) is 4.62. The van der Waals surface area contributed by atoms with E-state index in [1.54, 1.807) is 18.0 Å². The number of ether oxygens (including phenoxy) is 1. The van der Waals surface area contributed by atoms with Gasteiger partial charge in [0.1, 0.15) is 5.75 Å². The molecular weight excluding hydrogens is 292 g/mol. The van der Waals surface area contributed by atoms with Crippen molar-refractivity contribution in [3.05, 3.63) is 47.8 Å². The van der Waals surface area contributed by atoms with Crippen molar-refractivity contribution < 1.29 is 9.53 Å². The number of aromatic nitrogens is 2. The number of nitrogens with zero attached hydrogens (tertiary/aromatic N) is 3. The van der Waals surface area contributed by atoms with Gasteiger partial charge in [-0.2, -0.15) is 5.10 Å². The van der Waals surface area contributed by atoms with E-state index in [1.807, 2.05) is 35.4 Å². The van der Waals surface area contributed by atoms with Crippen LogP contribution in [0.3, 0.4) is 0 Å². The highest BCUT2D eigenvalue weighted by atomic mass is 16.5. The lowest BCUT2D eigenvalue weighted by Crippen LogP contribution is -2.29. The van der Waals surface area contributed by atoms with Crippen molar-refractivity contribution in [3.63, 3.8) is 0 Å². The SMILES string of the molecule is COc1ccc(Cn2cc(C(=O)N3CCC(CN)C3)cn2)cc1. The van der Waals surface area contributed by atoms with E-state index in [-0.39, 0.29) is 5.91 Å². The predicted molar refractivity (Wildman–Crippen MR) is 87.4 cm³/mol. The maximum absolute atomic E-state index is 12.5. The molecule has 0 radical (unpaired) electrons. The zero-order valence-electron chi connectivity index (χ0n) is 13.3. The smallest absolute Gasteiger partial charge is 0.257 e. The lowest BCUT2D eigenvalue weighted by molar-refractivity contribution is 0.0787. The Balaban J connectivity index is 1.64. The lowest BCUT2D eigenvalue weighted by Gasteiger charge is -2.14. The van der Waals surface area contributed by atoms with Crippen LogP contribution in [-0.4, -0.2) is 47.3 Å². The number of carbonyl (C=O) groups is 1. The van der Waals surface area contributed by atoms with Crippen LogP contribution in [0, 0.1) is 5.92 Å². The zero-order valence-corrected chi connectivity index (χ0v) is 13.3. The third-order valence-electron chi connectivity index (χ3n) is 4.29. The summed E-state index contributed by atoms with van der Waals surface area (Å²) in [5.41, 5.74) is 7.43. The molecule has 23 heavy (non-hydrogen) atoms. The van der Waals surface area contributed by atoms with Gasteiger partial charge in [-0.05, 0) is 36.6 Å². The minimum atomic E-state index is 0.0435. The molecule has 0 spiro atoms. The van der Waals surface area contributed by atoms with Crippen LogP contribution in [0.2, 0.25) is 0 Å². The molecule has 0 saturated carbocycles. The molecule has 1 fully saturated rings. The topological polar surface area (TPSA) is 73.4 Å². The Morgan fingerprint density at radius 3 is 2.83 bits per heavy atom. The van der Waals surface area contributed by atoms with Gasteiger partial charge < -0.3 is 15.4 Å². The Morgan fingerprint density at radius 2 is 2.17 bits per heavy atom. The van der Waals surface area contributed by atoms with Crippen LogP contribution in [0.4, 0.5) is 0 Å². The van der Waals surface area contributed by atoms with E-state index in [9.17, 15) is 4.79 Å². The van der Waals surface area contributed by atoms with Gasteiger partial charge in [0.15, 0.2) is 0 Å². The molecule has 1 aromatic heterocycles. The summed E-state index contributed by atoms with van der Waals surface area (Å²) in [4.78, 5) is 14.3. The Morgan fingerprint density at radius 1 is 1.39 bits per heavy atom. The van der Waals surface area contributed by atoms with E-state index in [0.717, 1.165) is 30.8 Å². The molecule has 122 valence electrons. The number of benzene rings is 1. The number of amides is 1. The van der Waals surface area contributed by atoms with Crippen molar-refractivity contribution >= 4 is 5.91 Å². The van der Waals surface area contributed by atoms with Gasteiger partial charge in [0.2, 0.25) is 0 Å². The first-order chi connectivity index (χ1) is 11.2. The molecule has 0 bridgehead atoms. The van der Waals surface area contributed by atoms with Crippen LogP contribution < -0.4 is 10.5 Å². The average Bonchev–Trinajstić information content (AvgIpc) is 3.24. The predicted octanol–water partition coefficient (Wildman–Crippen LogP) is 1.36. The molecule has 1 aliphatic rings. The molecular formula is C17H22N4O2. The molecule has 2 aromatic rings. The summed E-state index contributed by atoms with van der Waals surface area (Å²) in [5, 5.41) is 4.30. The summed E-state index contributed by atoms with van der Waals surface area (Å²) in [6, 6.07) is 7.83. The molecule has 6 heteroatoms. The van der Waals surface area contributed by atoms with E-state index in [2.05, 4.69) is 5.10 Å². The minimum Gasteiger partial charge on any atom is -0.497 e. The summed E-state index contributed by atoms with van der Waals surface area (Å²) < 4.78 is 6.93. The first-order valence-electron chi connectivity index (χ1n) is 7.84. The number of nitrogens with two attached hydrogens (primary N) is 1. The largest absolute Gasteiger partial charge is 0.497 e. The van der Waals surface area contributed by atoms with Crippen LogP contribution in [0.25, 0.3) is 0 Å². The third kappa shape index (κ3) is 3.53. The fraction of sp³-hybridized carbons (Fsp3) is 0.412. The highest BCUT2D eigenvalue weighted by Crippen LogP contribution is 2.18. The summed E-state index contributed by atoms with van der Waals surface area (Å²) in [6.45, 7) is 2.80. The van der Waals surface area contributed by atoms with Gasteiger partial charge >= 0.3 is 0 Å². The maximum Gasteiger partial charge on any atom is 0.257 e. The molecule has 1 atom stereocenters. The molecule has 3 rings (SSSR count). The first kappa shape index (κ1) is 15.6. The lowest BCUT2D eigenvalue weighted by atomic mass is 10.1. The Labute approximate surface area is 135 Å². The molecule has 1 amide bonds. The Hall–Kier alpha value is -2.34. The fourth-order valence-corrected chi connectivity index (χ4v) is 2.87. The zero-order chi connectivity index (χ0) is 16.2. The fourth-order valence-electron chi connectivity index (χ4n) is 2.87. The average molecular weight is 314 g/mol. The van der Waals surface area contributed by atoms with Crippen molar-refractivity contribution in [1.82, 2.24) is 14.7 Å². The molecule has 1 aromatic carbocycles. The number of hydrogen-bond donors (Lipinski definition) is 1. The molecule has 0 aliphatic carbocycles. The van der Waals surface area contributed by atoms with Crippen LogP contribution >= 0.6 is 0 Å². The van der Waals surface area contributed by atoms with Crippen LogP contribution in [0.15, 0.2) is 36.7 Å². The van der Waals surface area contributed by atoms with E-state index in [4.69, 9.17) is 10.5 Å². The van der Waals surface area contributed by atoms with Crippen molar-refractivity contribution in [2.75, 3.05) is 26.7 Å². The van der Waals surface area contributed by atoms with Crippen LogP contribution in [-0.2, 0) is 6.54 Å². The van der Waals surface area contributed by atoms with Gasteiger partial charge in [0, 0.05) is 19.3 Å². The van der Waals surface area contributed by atoms with Crippen molar-refractivity contribution in [3.8, 4) is 5.75 Å². The van der Waals surface area contributed by atoms with Crippen molar-refractivity contribution in [2.45, 2.75) is 13.0 Å². The van der Waals surface area contributed by atoms with Gasteiger partial charge in [-0.15, -0.1) is 0 Å². The number of rotatable bonds is 5. The van der Waals surface area contributed by atoms with Gasteiger partial charge in [0.05, 0.1) is 25.4 Å². The van der Waals surface area contributed by atoms with Crippen molar-refractivity contribution in [2.24, 2.45) is 11.7 Å². The molecule has 1 saturated heterocycles. The first-order valence-corrected chi connectivity index (χ1v) is 7.84. The van der Waals surface area contributed by atoms with E-state index in [1.165, 1.54) is 0 Å². The number of likely N-dealkylation sites (tertiary alicyclic amines) is 1. The van der Waals surface area contributed by atoms with E-state index in [0.29, 0.717) is 24.6 Å². The molecule has 2 N–H and O–H groups in total. The highest BCUT2D eigenvalue weighted by molar-refractivity contribution is 5.93. The number of methoxy groups -OCH3 is 1. The van der Waals surface area contributed by atoms with Gasteiger partial charge in [0.25, 0.3) is 5.91 Å². The minimum absolute atomic E-state index is 0.0435. The highest BCUT2D eigenvalue weighted by Gasteiger charge is 2.26. The molecule has 2 heterocycles. The summed E-state index contributed by atoms with van der Waals surface area (Å²) in [5.74, 6) is 1.30. The van der Waals surface area contributed by atoms with Gasteiger partial charge in [-0.25, -0.2) is 0 Å². The standard InChI is InChI=1S/C17H22N4O2/c1-23-16-4-2-13(3-5-16)11-21-12-15(9-19-21)17(22)20-7-6-14(8-18)10-20/h2-5,9,12,14H,6-8,10-11,18H2,1H3. The van der Waals surface area contributed by atoms with Crippen LogP contribution in [0.1, 0.15) is 22.3 Å². The second-order valence-corrected chi connectivity index (χ2v) is 5.92. The number of hydrogen-bond acceptors (Lipinski definition) is 4. The summed E-state index contributed by atoms with van der Waals surface area (Å²) >= 11 is 0. The molecule has 1 aliphatic heterocycles. The van der Waals surface area contributed by atoms with E-state index < -0.39 is 0 Å². The second-order valence-electron chi connectivity index (χ2n) is 5.92. The van der Waals surface area contributed by atoms with Crippen molar-refractivity contribution in [1.29, 1.82) is 0 Å². The summed E-state index contributed by atoms with van der Waals surface area (Å²) in [6.07, 6.45) is 4.44. The maximum atomic E-state index is 12.5. The van der Waals surface area contributed by atoms with Crippen LogP contribution in [0.5, 0.6) is 5.75 Å². The normalized spacial score (nSPS) is 17.5. The van der Waals surface area contributed by atoms with Gasteiger partial charge in [-0.1, -0.05) is 12.1 Å². The molecule has 6 nitrogen and oxygen atoms in total. The number of carbonyl (C=O) groups excluding carboxylic acids is 1. The third-order valence-corrected chi connectivity index (χ3v) is 4.29. The summed E-state index contributed by atoms with van der Waals surface area (Å²) in [7, 11) is 1.65. The molecule has 1 unspecified atom stereocenters. The monoisotopic (exact) mass is 314 g/mol. The quantitative estimate of drug-likeness (QED) is 0.904. The van der Waals surface area contributed by atoms with E-state index >= 15 is 0 Å². The Bertz CT molecular complexity index is 665. The second kappa shape index (κ2) is 6.83.